The van der Waals surface area contributed by atoms with Gasteiger partial charge in [0.1, 0.15) is 11.6 Å². The predicted molar refractivity (Wildman–Crippen MR) is 79.9 cm³/mol. The van der Waals surface area contributed by atoms with Gasteiger partial charge in [0, 0.05) is 11.6 Å². The SMILES string of the molecule is CC(C)c1cc(F)c([C@H](C)N[S@](=O)C(C)(C)C)cc1F. The van der Waals surface area contributed by atoms with Gasteiger partial charge in [0.05, 0.1) is 15.7 Å². The average Bonchev–Trinajstić information content (AvgIpc) is 2.29. The highest BCUT2D eigenvalue weighted by Gasteiger charge is 2.24. The summed E-state index contributed by atoms with van der Waals surface area (Å²) < 4.78 is 42.4. The molecule has 1 aromatic rings. The van der Waals surface area contributed by atoms with E-state index >= 15 is 0 Å². The molecule has 0 heterocycles. The molecule has 0 unspecified atom stereocenters. The van der Waals surface area contributed by atoms with Crippen molar-refractivity contribution in [3.05, 3.63) is 34.9 Å². The molecule has 0 saturated heterocycles. The zero-order valence-electron chi connectivity index (χ0n) is 12.9. The van der Waals surface area contributed by atoms with Gasteiger partial charge < -0.3 is 0 Å². The molecule has 0 spiro atoms. The second-order valence-electron chi connectivity index (χ2n) is 6.27. The van der Waals surface area contributed by atoms with Crippen molar-refractivity contribution < 1.29 is 13.0 Å². The molecule has 1 aromatic carbocycles. The first-order valence-electron chi connectivity index (χ1n) is 6.71. The first-order chi connectivity index (χ1) is 9.04. The van der Waals surface area contributed by atoms with Crippen LogP contribution in [-0.2, 0) is 11.0 Å². The first kappa shape index (κ1) is 17.2. The molecule has 2 nitrogen and oxygen atoms in total. The summed E-state index contributed by atoms with van der Waals surface area (Å²) in [5, 5.41) is 0. The number of rotatable bonds is 4. The maximum absolute atomic E-state index is 14.1. The average molecular weight is 303 g/mol. The van der Waals surface area contributed by atoms with Gasteiger partial charge in [0.2, 0.25) is 0 Å². The summed E-state index contributed by atoms with van der Waals surface area (Å²) in [5.74, 6) is -0.974. The smallest absolute Gasteiger partial charge is 0.128 e. The lowest BCUT2D eigenvalue weighted by Gasteiger charge is -2.23. The van der Waals surface area contributed by atoms with E-state index in [2.05, 4.69) is 4.72 Å². The minimum absolute atomic E-state index is 0.0782. The van der Waals surface area contributed by atoms with Crippen molar-refractivity contribution in [3.63, 3.8) is 0 Å². The van der Waals surface area contributed by atoms with Gasteiger partial charge in [-0.15, -0.1) is 0 Å². The summed E-state index contributed by atoms with van der Waals surface area (Å²) >= 11 is 0. The molecule has 0 amide bonds. The van der Waals surface area contributed by atoms with Crippen LogP contribution in [0.5, 0.6) is 0 Å². The van der Waals surface area contributed by atoms with Gasteiger partial charge in [-0.1, -0.05) is 13.8 Å². The molecular formula is C15H23F2NOS. The topological polar surface area (TPSA) is 29.1 Å². The molecule has 0 fully saturated rings. The van der Waals surface area contributed by atoms with Crippen LogP contribution in [0.4, 0.5) is 8.78 Å². The fraction of sp³-hybridized carbons (Fsp3) is 0.600. The van der Waals surface area contributed by atoms with Crippen LogP contribution < -0.4 is 4.72 Å². The van der Waals surface area contributed by atoms with Crippen molar-refractivity contribution in [2.45, 2.75) is 58.2 Å². The summed E-state index contributed by atoms with van der Waals surface area (Å²) in [4.78, 5) is 0. The molecule has 0 aliphatic rings. The largest absolute Gasteiger partial charge is 0.242 e. The molecule has 1 N–H and O–H groups in total. The maximum Gasteiger partial charge on any atom is 0.128 e. The lowest BCUT2D eigenvalue weighted by atomic mass is 9.98. The quantitative estimate of drug-likeness (QED) is 0.887. The molecular weight excluding hydrogens is 280 g/mol. The number of hydrogen-bond donors (Lipinski definition) is 1. The highest BCUT2D eigenvalue weighted by atomic mass is 32.2. The fourth-order valence-corrected chi connectivity index (χ4v) is 2.55. The Hall–Kier alpha value is -0.810. The van der Waals surface area contributed by atoms with Gasteiger partial charge in [-0.05, 0) is 51.3 Å². The molecule has 0 aromatic heterocycles. The van der Waals surface area contributed by atoms with Crippen molar-refractivity contribution >= 4 is 11.0 Å². The standard InChI is InChI=1S/C15H23F2NOS/c1-9(2)11-7-14(17)12(8-13(11)16)10(3)18-20(19)15(4,5)6/h7-10,18H,1-6H3/t10-,20+/m0/s1. The van der Waals surface area contributed by atoms with Crippen LogP contribution in [0.1, 0.15) is 64.6 Å². The van der Waals surface area contributed by atoms with Gasteiger partial charge in [0.15, 0.2) is 0 Å². The Morgan fingerprint density at radius 2 is 1.50 bits per heavy atom. The third kappa shape index (κ3) is 4.09. The van der Waals surface area contributed by atoms with Crippen molar-refractivity contribution in [2.75, 3.05) is 0 Å². The number of halogens is 2. The summed E-state index contributed by atoms with van der Waals surface area (Å²) in [5.41, 5.74) is 0.555. The molecule has 2 atom stereocenters. The zero-order chi connectivity index (χ0) is 15.7. The van der Waals surface area contributed by atoms with Crippen molar-refractivity contribution in [2.24, 2.45) is 0 Å². The molecule has 114 valence electrons. The Labute approximate surface area is 122 Å². The Morgan fingerprint density at radius 3 is 1.95 bits per heavy atom. The minimum Gasteiger partial charge on any atom is -0.242 e. The van der Waals surface area contributed by atoms with Crippen LogP contribution in [0.15, 0.2) is 12.1 Å². The van der Waals surface area contributed by atoms with Crippen molar-refractivity contribution in [3.8, 4) is 0 Å². The van der Waals surface area contributed by atoms with Crippen LogP contribution in [-0.4, -0.2) is 8.96 Å². The summed E-state index contributed by atoms with van der Waals surface area (Å²) in [6.07, 6.45) is 0. The Bertz CT molecular complexity index is 509. The molecule has 20 heavy (non-hydrogen) atoms. The second kappa shape index (κ2) is 6.31. The Morgan fingerprint density at radius 1 is 1.05 bits per heavy atom. The van der Waals surface area contributed by atoms with Crippen LogP contribution >= 0.6 is 0 Å². The molecule has 1 rings (SSSR count). The van der Waals surface area contributed by atoms with Gasteiger partial charge in [0.25, 0.3) is 0 Å². The monoisotopic (exact) mass is 303 g/mol. The normalized spacial score (nSPS) is 15.4. The van der Waals surface area contributed by atoms with Crippen molar-refractivity contribution in [1.29, 1.82) is 0 Å². The van der Waals surface area contributed by atoms with E-state index in [0.29, 0.717) is 5.56 Å². The minimum atomic E-state index is -1.34. The van der Waals surface area contributed by atoms with Crippen LogP contribution in [0.3, 0.4) is 0 Å². The zero-order valence-corrected chi connectivity index (χ0v) is 13.7. The van der Waals surface area contributed by atoms with E-state index in [1.165, 1.54) is 12.1 Å². The van der Waals surface area contributed by atoms with E-state index < -0.39 is 33.4 Å². The van der Waals surface area contributed by atoms with Gasteiger partial charge >= 0.3 is 0 Å². The molecule has 5 heteroatoms. The molecule has 0 aliphatic heterocycles. The highest BCUT2D eigenvalue weighted by Crippen LogP contribution is 2.26. The van der Waals surface area contributed by atoms with Gasteiger partial charge in [-0.2, -0.15) is 0 Å². The highest BCUT2D eigenvalue weighted by molar-refractivity contribution is 7.84. The van der Waals surface area contributed by atoms with E-state index in [0.717, 1.165) is 0 Å². The summed E-state index contributed by atoms with van der Waals surface area (Å²) in [6, 6.07) is 1.90. The maximum atomic E-state index is 14.1. The van der Waals surface area contributed by atoms with Crippen LogP contribution in [0, 0.1) is 11.6 Å². The third-order valence-corrected chi connectivity index (χ3v) is 4.72. The summed E-state index contributed by atoms with van der Waals surface area (Å²) in [6.45, 7) is 10.8. The third-order valence-electron chi connectivity index (χ3n) is 3.04. The van der Waals surface area contributed by atoms with Crippen LogP contribution in [0.2, 0.25) is 0 Å². The predicted octanol–water partition coefficient (Wildman–Crippen LogP) is 4.20. The van der Waals surface area contributed by atoms with Gasteiger partial charge in [-0.25, -0.2) is 17.7 Å². The number of hydrogen-bond acceptors (Lipinski definition) is 1. The first-order valence-corrected chi connectivity index (χ1v) is 7.86. The summed E-state index contributed by atoms with van der Waals surface area (Å²) in [7, 11) is -1.34. The Balaban J connectivity index is 3.03. The number of benzene rings is 1. The lowest BCUT2D eigenvalue weighted by molar-refractivity contribution is 0.543. The second-order valence-corrected chi connectivity index (χ2v) is 8.27. The number of nitrogens with one attached hydrogen (secondary N) is 1. The van der Waals surface area contributed by atoms with E-state index in [9.17, 15) is 13.0 Å². The van der Waals surface area contributed by atoms with E-state index in [-0.39, 0.29) is 11.5 Å². The molecule has 0 bridgehead atoms. The molecule has 0 aliphatic carbocycles. The van der Waals surface area contributed by atoms with E-state index in [4.69, 9.17) is 0 Å². The van der Waals surface area contributed by atoms with Crippen molar-refractivity contribution in [1.82, 2.24) is 4.72 Å². The Kier molecular flexibility index (Phi) is 5.44. The fourth-order valence-electron chi connectivity index (χ4n) is 1.75. The molecule has 0 radical (unpaired) electrons. The lowest BCUT2D eigenvalue weighted by Crippen LogP contribution is -2.35. The van der Waals surface area contributed by atoms with Crippen LogP contribution in [0.25, 0.3) is 0 Å². The molecule has 0 saturated carbocycles. The van der Waals surface area contributed by atoms with E-state index in [1.54, 1.807) is 6.92 Å². The van der Waals surface area contributed by atoms with Gasteiger partial charge in [-0.3, -0.25) is 0 Å². The van der Waals surface area contributed by atoms with E-state index in [1.807, 2.05) is 34.6 Å².